The molecule has 3 heteroatoms. The van der Waals surface area contributed by atoms with E-state index in [4.69, 9.17) is 5.73 Å². The zero-order valence-corrected chi connectivity index (χ0v) is 12.2. The molecule has 2 nitrogen and oxygen atoms in total. The first-order valence-corrected chi connectivity index (χ1v) is 7.74. The zero-order valence-electron chi connectivity index (χ0n) is 11.4. The lowest BCUT2D eigenvalue weighted by Crippen LogP contribution is -2.30. The number of aryl methyl sites for hydroxylation is 1. The Kier molecular flexibility index (Phi) is 3.58. The maximum Gasteiger partial charge on any atom is 0.0362 e. The van der Waals surface area contributed by atoms with E-state index in [0.717, 1.165) is 38.2 Å². The molecular formula is C16H20N2S. The lowest BCUT2D eigenvalue weighted by Gasteiger charge is -2.29. The van der Waals surface area contributed by atoms with E-state index in [-0.39, 0.29) is 0 Å². The number of benzene rings is 1. The number of hydrogen-bond donors (Lipinski definition) is 1. The third-order valence-corrected chi connectivity index (χ3v) is 5.05. The van der Waals surface area contributed by atoms with E-state index >= 15 is 0 Å². The molecule has 0 spiro atoms. The Morgan fingerprint density at radius 2 is 2.05 bits per heavy atom. The monoisotopic (exact) mass is 272 g/mol. The molecule has 3 rings (SSSR count). The molecule has 0 radical (unpaired) electrons. The SMILES string of the molecule is CCc1ccc(CN2CCc3cccc(N)c3C2)s1. The number of nitrogens with two attached hydrogens (primary N) is 1. The number of nitrogen functional groups attached to an aromatic ring is 1. The minimum Gasteiger partial charge on any atom is -0.398 e. The van der Waals surface area contributed by atoms with Crippen molar-refractivity contribution in [3.05, 3.63) is 51.2 Å². The molecule has 1 aliphatic heterocycles. The second-order valence-electron chi connectivity index (χ2n) is 5.17. The summed E-state index contributed by atoms with van der Waals surface area (Å²) in [6.45, 7) is 5.39. The highest BCUT2D eigenvalue weighted by Gasteiger charge is 2.18. The molecule has 0 bridgehead atoms. The van der Waals surface area contributed by atoms with Gasteiger partial charge in [-0.25, -0.2) is 0 Å². The molecule has 0 atom stereocenters. The number of anilines is 1. The highest BCUT2D eigenvalue weighted by molar-refractivity contribution is 7.11. The second kappa shape index (κ2) is 5.35. The molecule has 0 saturated carbocycles. The molecule has 1 aromatic carbocycles. The van der Waals surface area contributed by atoms with Gasteiger partial charge in [-0.05, 0) is 42.2 Å². The van der Waals surface area contributed by atoms with E-state index in [2.05, 4.69) is 36.1 Å². The van der Waals surface area contributed by atoms with Gasteiger partial charge >= 0.3 is 0 Å². The van der Waals surface area contributed by atoms with Crippen molar-refractivity contribution in [2.75, 3.05) is 12.3 Å². The first-order chi connectivity index (χ1) is 9.26. The van der Waals surface area contributed by atoms with Crippen molar-refractivity contribution in [2.24, 2.45) is 0 Å². The van der Waals surface area contributed by atoms with Crippen molar-refractivity contribution in [2.45, 2.75) is 32.9 Å². The second-order valence-corrected chi connectivity index (χ2v) is 6.42. The van der Waals surface area contributed by atoms with E-state index in [9.17, 15) is 0 Å². The summed E-state index contributed by atoms with van der Waals surface area (Å²) in [6, 6.07) is 10.8. The quantitative estimate of drug-likeness (QED) is 0.867. The fraction of sp³-hybridized carbons (Fsp3) is 0.375. The predicted molar refractivity (Wildman–Crippen MR) is 82.4 cm³/mol. The molecule has 19 heavy (non-hydrogen) atoms. The molecule has 2 heterocycles. The Bertz CT molecular complexity index is 574. The predicted octanol–water partition coefficient (Wildman–Crippen LogP) is 3.45. The van der Waals surface area contributed by atoms with Gasteiger partial charge in [0.2, 0.25) is 0 Å². The van der Waals surface area contributed by atoms with E-state index < -0.39 is 0 Å². The largest absolute Gasteiger partial charge is 0.398 e. The molecule has 0 amide bonds. The van der Waals surface area contributed by atoms with Gasteiger partial charge in [-0.2, -0.15) is 0 Å². The average molecular weight is 272 g/mol. The van der Waals surface area contributed by atoms with Crippen LogP contribution in [0, 0.1) is 0 Å². The molecule has 1 aromatic heterocycles. The summed E-state index contributed by atoms with van der Waals surface area (Å²) >= 11 is 1.94. The minimum absolute atomic E-state index is 0.947. The summed E-state index contributed by atoms with van der Waals surface area (Å²) in [7, 11) is 0. The normalized spacial score (nSPS) is 15.4. The third-order valence-electron chi connectivity index (χ3n) is 3.83. The summed E-state index contributed by atoms with van der Waals surface area (Å²) in [5, 5.41) is 0. The van der Waals surface area contributed by atoms with Crippen LogP contribution in [0.4, 0.5) is 5.69 Å². The molecule has 0 unspecified atom stereocenters. The molecule has 2 aromatic rings. The van der Waals surface area contributed by atoms with Crippen molar-refractivity contribution >= 4 is 17.0 Å². The smallest absolute Gasteiger partial charge is 0.0362 e. The van der Waals surface area contributed by atoms with Gasteiger partial charge < -0.3 is 5.73 Å². The number of thiophene rings is 1. The highest BCUT2D eigenvalue weighted by atomic mass is 32.1. The molecule has 2 N–H and O–H groups in total. The first-order valence-electron chi connectivity index (χ1n) is 6.92. The van der Waals surface area contributed by atoms with Gasteiger partial charge in [-0.3, -0.25) is 4.90 Å². The van der Waals surface area contributed by atoms with Crippen molar-refractivity contribution in [3.63, 3.8) is 0 Å². The minimum atomic E-state index is 0.947. The van der Waals surface area contributed by atoms with E-state index in [1.165, 1.54) is 20.9 Å². The fourth-order valence-electron chi connectivity index (χ4n) is 2.72. The van der Waals surface area contributed by atoms with Crippen LogP contribution in [0.15, 0.2) is 30.3 Å². The average Bonchev–Trinajstić information content (AvgIpc) is 2.87. The first kappa shape index (κ1) is 12.7. The molecule has 100 valence electrons. The summed E-state index contributed by atoms with van der Waals surface area (Å²) in [5.41, 5.74) is 9.81. The maximum atomic E-state index is 6.10. The van der Waals surface area contributed by atoms with Gasteiger partial charge in [0.05, 0.1) is 0 Å². The van der Waals surface area contributed by atoms with Crippen LogP contribution in [0.25, 0.3) is 0 Å². The number of fused-ring (bicyclic) bond motifs is 1. The Hall–Kier alpha value is -1.32. The fourth-order valence-corrected chi connectivity index (χ4v) is 3.72. The van der Waals surface area contributed by atoms with Crippen LogP contribution in [0.5, 0.6) is 0 Å². The zero-order chi connectivity index (χ0) is 13.2. The standard InChI is InChI=1S/C16H20N2S/c1-2-13-6-7-14(19-13)10-18-9-8-12-4-3-5-16(17)15(12)11-18/h3-7H,2,8-11,17H2,1H3. The van der Waals surface area contributed by atoms with Crippen LogP contribution in [0.1, 0.15) is 27.8 Å². The van der Waals surface area contributed by atoms with Gasteiger partial charge in [0, 0.05) is 35.1 Å². The van der Waals surface area contributed by atoms with Crippen molar-refractivity contribution in [1.82, 2.24) is 4.90 Å². The number of rotatable bonds is 3. The van der Waals surface area contributed by atoms with Gasteiger partial charge in [-0.1, -0.05) is 19.1 Å². The van der Waals surface area contributed by atoms with Crippen molar-refractivity contribution < 1.29 is 0 Å². The van der Waals surface area contributed by atoms with E-state index in [0.29, 0.717) is 0 Å². The highest BCUT2D eigenvalue weighted by Crippen LogP contribution is 2.26. The molecule has 0 fully saturated rings. The molecule has 1 aliphatic rings. The third kappa shape index (κ3) is 2.67. The van der Waals surface area contributed by atoms with Gasteiger partial charge in [0.1, 0.15) is 0 Å². The maximum absolute atomic E-state index is 6.10. The summed E-state index contributed by atoms with van der Waals surface area (Å²) in [5.74, 6) is 0. The van der Waals surface area contributed by atoms with Crippen LogP contribution in [-0.2, 0) is 25.9 Å². The Balaban J connectivity index is 1.73. The van der Waals surface area contributed by atoms with Crippen LogP contribution >= 0.6 is 11.3 Å². The van der Waals surface area contributed by atoms with Crippen LogP contribution < -0.4 is 5.73 Å². The molecule has 0 saturated heterocycles. The van der Waals surface area contributed by atoms with Crippen LogP contribution in [-0.4, -0.2) is 11.4 Å². The summed E-state index contributed by atoms with van der Waals surface area (Å²) in [4.78, 5) is 5.45. The van der Waals surface area contributed by atoms with Gasteiger partial charge in [0.15, 0.2) is 0 Å². The van der Waals surface area contributed by atoms with E-state index in [1.807, 2.05) is 17.4 Å². The number of nitrogens with zero attached hydrogens (tertiary/aromatic N) is 1. The summed E-state index contributed by atoms with van der Waals surface area (Å²) < 4.78 is 0. The Morgan fingerprint density at radius 3 is 2.84 bits per heavy atom. The summed E-state index contributed by atoms with van der Waals surface area (Å²) in [6.07, 6.45) is 2.26. The van der Waals surface area contributed by atoms with Gasteiger partial charge in [-0.15, -0.1) is 11.3 Å². The number of hydrogen-bond acceptors (Lipinski definition) is 3. The van der Waals surface area contributed by atoms with Gasteiger partial charge in [0.25, 0.3) is 0 Å². The Morgan fingerprint density at radius 1 is 1.21 bits per heavy atom. The van der Waals surface area contributed by atoms with Crippen molar-refractivity contribution in [3.8, 4) is 0 Å². The van der Waals surface area contributed by atoms with Crippen molar-refractivity contribution in [1.29, 1.82) is 0 Å². The molecular weight excluding hydrogens is 252 g/mol. The Labute approximate surface area is 118 Å². The molecule has 0 aliphatic carbocycles. The lowest BCUT2D eigenvalue weighted by atomic mass is 9.98. The topological polar surface area (TPSA) is 29.3 Å². The van der Waals surface area contributed by atoms with Crippen LogP contribution in [0.3, 0.4) is 0 Å². The van der Waals surface area contributed by atoms with E-state index in [1.54, 1.807) is 0 Å². The van der Waals surface area contributed by atoms with Crippen LogP contribution in [0.2, 0.25) is 0 Å². The lowest BCUT2D eigenvalue weighted by molar-refractivity contribution is 0.248.